The predicted molar refractivity (Wildman–Crippen MR) is 161 cm³/mol. The summed E-state index contributed by atoms with van der Waals surface area (Å²) in [6.45, 7) is 2.16. The number of aromatic nitrogens is 4. The van der Waals surface area contributed by atoms with Crippen LogP contribution in [0, 0.1) is 6.92 Å². The third-order valence-corrected chi connectivity index (χ3v) is 6.77. The first-order valence-electron chi connectivity index (χ1n) is 13.6. The number of hydrogen-bond acceptors (Lipinski definition) is 8. The van der Waals surface area contributed by atoms with Gasteiger partial charge in [-0.1, -0.05) is 48.0 Å². The number of amides is 2. The number of methoxy groups -OCH3 is 1. The molecular weight excluding hydrogens is 627 g/mol. The van der Waals surface area contributed by atoms with Gasteiger partial charge in [0.05, 0.1) is 24.1 Å². The van der Waals surface area contributed by atoms with Gasteiger partial charge >= 0.3 is 24.1 Å². The summed E-state index contributed by atoms with van der Waals surface area (Å²) in [6, 6.07) is 16.0. The summed E-state index contributed by atoms with van der Waals surface area (Å²) < 4.78 is 52.4. The molecule has 2 N–H and O–H groups in total. The molecule has 0 aliphatic rings. The van der Waals surface area contributed by atoms with Crippen molar-refractivity contribution in [2.45, 2.75) is 26.1 Å². The van der Waals surface area contributed by atoms with Crippen molar-refractivity contribution in [2.24, 2.45) is 4.99 Å². The fraction of sp³-hybridized carbons (Fsp3) is 0.161. The second kappa shape index (κ2) is 13.6. The van der Waals surface area contributed by atoms with Crippen LogP contribution in [0.2, 0.25) is 5.02 Å². The molecule has 0 saturated carbocycles. The first-order chi connectivity index (χ1) is 21.9. The predicted octanol–water partition coefficient (Wildman–Crippen LogP) is 5.73. The molecule has 5 aromatic rings. The number of urea groups is 1. The lowest BCUT2D eigenvalue weighted by molar-refractivity contribution is -0.754. The fourth-order valence-corrected chi connectivity index (χ4v) is 4.48. The van der Waals surface area contributed by atoms with Crippen LogP contribution in [0.1, 0.15) is 22.4 Å². The molecule has 11 nitrogen and oxygen atoms in total. The molecule has 0 aliphatic heterocycles. The SMILES string of the molecule is COc1ncc(-c2ccc(C[n+]3cc(NC(=O)Nc4cc(N=C([O-])Cc5ccc(Cl)cc5)cc(C(F)(F)F)c4)on3)cc2)c(C)n1. The Morgan fingerprint density at radius 1 is 1.07 bits per heavy atom. The molecule has 46 heavy (non-hydrogen) atoms. The van der Waals surface area contributed by atoms with Gasteiger partial charge in [-0.05, 0) is 59.0 Å². The Kier molecular flexibility index (Phi) is 9.47. The van der Waals surface area contributed by atoms with E-state index in [0.29, 0.717) is 17.1 Å². The summed E-state index contributed by atoms with van der Waals surface area (Å²) >= 11 is 5.84. The van der Waals surface area contributed by atoms with Gasteiger partial charge in [0.1, 0.15) is 0 Å². The zero-order chi connectivity index (χ0) is 32.8. The van der Waals surface area contributed by atoms with E-state index in [1.165, 1.54) is 18.0 Å². The van der Waals surface area contributed by atoms with Crippen LogP contribution in [0.5, 0.6) is 6.01 Å². The van der Waals surface area contributed by atoms with Crippen molar-refractivity contribution in [1.82, 2.24) is 15.2 Å². The Morgan fingerprint density at radius 3 is 2.46 bits per heavy atom. The minimum absolute atomic E-state index is 0.0600. The van der Waals surface area contributed by atoms with Crippen molar-refractivity contribution in [2.75, 3.05) is 17.7 Å². The Balaban J connectivity index is 1.23. The van der Waals surface area contributed by atoms with E-state index in [-0.39, 0.29) is 29.7 Å². The van der Waals surface area contributed by atoms with Crippen molar-refractivity contribution >= 4 is 40.8 Å². The van der Waals surface area contributed by atoms with Crippen LogP contribution >= 0.6 is 11.6 Å². The Bertz CT molecular complexity index is 1880. The number of nitrogens with zero attached hydrogens (tertiary/aromatic N) is 5. The maximum Gasteiger partial charge on any atom is 0.416 e. The van der Waals surface area contributed by atoms with Gasteiger partial charge in [-0.2, -0.15) is 18.2 Å². The van der Waals surface area contributed by atoms with Gasteiger partial charge in [0.2, 0.25) is 11.8 Å². The Labute approximate surface area is 265 Å². The highest BCUT2D eigenvalue weighted by atomic mass is 35.5. The maximum absolute atomic E-state index is 13.6. The second-order valence-electron chi connectivity index (χ2n) is 9.97. The van der Waals surface area contributed by atoms with Crippen LogP contribution in [-0.2, 0) is 19.1 Å². The van der Waals surface area contributed by atoms with Crippen LogP contribution in [0.3, 0.4) is 0 Å². The van der Waals surface area contributed by atoms with Gasteiger partial charge in [0, 0.05) is 34.5 Å². The largest absolute Gasteiger partial charge is 0.861 e. The van der Waals surface area contributed by atoms with E-state index in [1.54, 1.807) is 30.5 Å². The topological polar surface area (TPSA) is 141 Å². The number of carbonyl (C=O) groups excluding carboxylic acids is 1. The van der Waals surface area contributed by atoms with Crippen molar-refractivity contribution in [1.29, 1.82) is 0 Å². The third-order valence-electron chi connectivity index (χ3n) is 6.52. The normalized spacial score (nSPS) is 11.7. The van der Waals surface area contributed by atoms with E-state index < -0.39 is 23.7 Å². The zero-order valence-corrected chi connectivity index (χ0v) is 25.1. The van der Waals surface area contributed by atoms with Gasteiger partial charge in [0.15, 0.2) is 0 Å². The van der Waals surface area contributed by atoms with Crippen molar-refractivity contribution in [3.8, 4) is 17.1 Å². The molecule has 0 saturated heterocycles. The lowest BCUT2D eigenvalue weighted by Gasteiger charge is -2.14. The van der Waals surface area contributed by atoms with Gasteiger partial charge in [-0.25, -0.2) is 9.78 Å². The van der Waals surface area contributed by atoms with Crippen LogP contribution in [-0.4, -0.2) is 34.3 Å². The summed E-state index contributed by atoms with van der Waals surface area (Å²) in [5.41, 5.74) is 2.37. The number of carbonyl (C=O) groups is 1. The molecule has 15 heteroatoms. The monoisotopic (exact) mass is 651 g/mol. The first-order valence-corrected chi connectivity index (χ1v) is 14.0. The molecule has 0 unspecified atom stereocenters. The summed E-state index contributed by atoms with van der Waals surface area (Å²) in [5, 5.41) is 21.5. The smallest absolute Gasteiger partial charge is 0.416 e. The van der Waals surface area contributed by atoms with Crippen LogP contribution in [0.25, 0.3) is 11.1 Å². The minimum Gasteiger partial charge on any atom is -0.861 e. The first kappa shape index (κ1) is 31.9. The van der Waals surface area contributed by atoms with Crippen molar-refractivity contribution in [3.05, 3.63) is 107 Å². The van der Waals surface area contributed by atoms with Crippen molar-refractivity contribution < 1.29 is 37.0 Å². The molecule has 236 valence electrons. The molecule has 0 fully saturated rings. The lowest BCUT2D eigenvalue weighted by atomic mass is 10.0. The number of nitrogens with one attached hydrogen (secondary N) is 2. The Hall–Kier alpha value is -5.50. The molecule has 0 spiro atoms. The third kappa shape index (κ3) is 8.35. The highest BCUT2D eigenvalue weighted by Gasteiger charge is 2.31. The van der Waals surface area contributed by atoms with Crippen LogP contribution in [0.15, 0.2) is 88.6 Å². The average molecular weight is 652 g/mol. The van der Waals surface area contributed by atoms with Gasteiger partial charge in [-0.3, -0.25) is 14.8 Å². The van der Waals surface area contributed by atoms with E-state index in [4.69, 9.17) is 20.9 Å². The fourth-order valence-electron chi connectivity index (χ4n) is 4.36. The van der Waals surface area contributed by atoms with Gasteiger partial charge < -0.3 is 15.2 Å². The number of aliphatic imine (C=N–C) groups is 1. The number of alkyl halides is 3. The number of ether oxygens (including phenoxy) is 1. The van der Waals surface area contributed by atoms with E-state index in [2.05, 4.69) is 30.9 Å². The number of rotatable bonds is 9. The molecule has 0 atom stereocenters. The average Bonchev–Trinajstić information content (AvgIpc) is 3.44. The molecule has 5 rings (SSSR count). The molecule has 2 amide bonds. The zero-order valence-electron chi connectivity index (χ0n) is 24.3. The highest BCUT2D eigenvalue weighted by Crippen LogP contribution is 2.34. The molecule has 2 aromatic heterocycles. The summed E-state index contributed by atoms with van der Waals surface area (Å²) in [4.78, 5) is 24.9. The van der Waals surface area contributed by atoms with E-state index in [1.807, 2.05) is 31.2 Å². The van der Waals surface area contributed by atoms with E-state index in [9.17, 15) is 23.1 Å². The minimum atomic E-state index is -4.76. The van der Waals surface area contributed by atoms with E-state index in [0.717, 1.165) is 40.6 Å². The number of halogens is 4. The molecule has 3 aromatic carbocycles. The summed E-state index contributed by atoms with van der Waals surface area (Å²) in [7, 11) is 1.50. The van der Waals surface area contributed by atoms with Crippen molar-refractivity contribution in [3.63, 3.8) is 0 Å². The van der Waals surface area contributed by atoms with Crippen LogP contribution < -0.4 is 25.2 Å². The van der Waals surface area contributed by atoms with Gasteiger partial charge in [0.25, 0.3) is 6.20 Å². The molecule has 0 radical (unpaired) electrons. The standard InChI is InChI=1S/C31H25ClF3N7O4/c1-18-26(15-36-30(37-18)45-2)21-7-3-20(4-8-21)16-42-17-28(46-41-42)40-29(44)39-25-13-22(31(33,34)35)12-24(14-25)38-27(43)11-19-5-9-23(32)10-6-19/h3-10,12-15,17H,11,16H2,1-2H3,(H2-,38,39,40,41,43,44). The number of benzene rings is 3. The Morgan fingerprint density at radius 2 is 1.78 bits per heavy atom. The van der Waals surface area contributed by atoms with E-state index >= 15 is 0 Å². The molecule has 2 heterocycles. The number of aryl methyl sites for hydroxylation is 1. The molecular formula is C31H25ClF3N7O4. The molecule has 0 aliphatic carbocycles. The summed E-state index contributed by atoms with van der Waals surface area (Å²) in [6.07, 6.45) is -1.81. The second-order valence-corrected chi connectivity index (χ2v) is 10.4. The highest BCUT2D eigenvalue weighted by molar-refractivity contribution is 6.30. The number of anilines is 2. The van der Waals surface area contributed by atoms with Gasteiger partial charge in [-0.15, -0.1) is 0 Å². The number of hydrogen-bond donors (Lipinski definition) is 2. The maximum atomic E-state index is 13.6. The molecule has 0 bridgehead atoms. The summed E-state index contributed by atoms with van der Waals surface area (Å²) in [5.74, 6) is -0.738. The lowest BCUT2D eigenvalue weighted by Crippen LogP contribution is -2.35. The van der Waals surface area contributed by atoms with Crippen LogP contribution in [0.4, 0.5) is 35.2 Å². The quantitative estimate of drug-likeness (QED) is 0.118.